The average Bonchev–Trinajstić information content (AvgIpc) is 2.62. The molecular weight excluding hydrogens is 332 g/mol. The number of carbonyl (C=O) groups is 2. The molecule has 0 aliphatic heterocycles. The van der Waals surface area contributed by atoms with Crippen molar-refractivity contribution in [3.05, 3.63) is 54.1 Å². The Labute approximate surface area is 152 Å². The van der Waals surface area contributed by atoms with Gasteiger partial charge in [-0.15, -0.1) is 0 Å². The van der Waals surface area contributed by atoms with E-state index in [4.69, 9.17) is 10.00 Å². The van der Waals surface area contributed by atoms with Crippen molar-refractivity contribution >= 4 is 17.6 Å². The second kappa shape index (κ2) is 9.08. The molecule has 26 heavy (non-hydrogen) atoms. The maximum atomic E-state index is 11.8. The van der Waals surface area contributed by atoms with Gasteiger partial charge < -0.3 is 20.7 Å². The second-order valence-corrected chi connectivity index (χ2v) is 5.79. The zero-order valence-corrected chi connectivity index (χ0v) is 14.6. The van der Waals surface area contributed by atoms with Crippen molar-refractivity contribution in [3.8, 4) is 17.6 Å². The number of rotatable bonds is 6. The van der Waals surface area contributed by atoms with E-state index in [1.54, 1.807) is 48.5 Å². The lowest BCUT2D eigenvalue weighted by Gasteiger charge is -2.11. The van der Waals surface area contributed by atoms with Gasteiger partial charge in [-0.3, -0.25) is 4.79 Å². The maximum Gasteiger partial charge on any atom is 0.319 e. The van der Waals surface area contributed by atoms with Gasteiger partial charge in [0.25, 0.3) is 0 Å². The van der Waals surface area contributed by atoms with Gasteiger partial charge in [0, 0.05) is 11.7 Å². The number of amides is 3. The van der Waals surface area contributed by atoms with Crippen LogP contribution >= 0.6 is 0 Å². The molecule has 7 nitrogen and oxygen atoms in total. The highest BCUT2D eigenvalue weighted by Crippen LogP contribution is 2.23. The molecule has 0 fully saturated rings. The zero-order valence-electron chi connectivity index (χ0n) is 14.6. The van der Waals surface area contributed by atoms with Crippen LogP contribution in [0, 0.1) is 11.3 Å². The zero-order chi connectivity index (χ0) is 18.9. The third-order valence-corrected chi connectivity index (χ3v) is 3.19. The predicted molar refractivity (Wildman–Crippen MR) is 98.0 cm³/mol. The van der Waals surface area contributed by atoms with Gasteiger partial charge in [0.1, 0.15) is 11.5 Å². The molecule has 0 saturated heterocycles. The Balaban J connectivity index is 1.83. The van der Waals surface area contributed by atoms with E-state index in [-0.39, 0.29) is 18.5 Å². The molecule has 0 unspecified atom stereocenters. The topological polar surface area (TPSA) is 103 Å². The van der Waals surface area contributed by atoms with Crippen LogP contribution < -0.4 is 20.7 Å². The van der Waals surface area contributed by atoms with Gasteiger partial charge in [-0.2, -0.15) is 5.26 Å². The summed E-state index contributed by atoms with van der Waals surface area (Å²) >= 11 is 0. The Hall–Kier alpha value is -3.53. The van der Waals surface area contributed by atoms with Gasteiger partial charge in [-0.05, 0) is 62.4 Å². The van der Waals surface area contributed by atoms with Crippen LogP contribution in [-0.4, -0.2) is 24.5 Å². The molecule has 2 rings (SSSR count). The highest BCUT2D eigenvalue weighted by molar-refractivity contribution is 5.92. The molecule has 3 amide bonds. The molecule has 3 N–H and O–H groups in total. The first kappa shape index (κ1) is 18.8. The largest absolute Gasteiger partial charge is 0.457 e. The Morgan fingerprint density at radius 3 is 2.15 bits per heavy atom. The number of nitriles is 1. The van der Waals surface area contributed by atoms with Crippen LogP contribution in [0.3, 0.4) is 0 Å². The number of urea groups is 1. The maximum absolute atomic E-state index is 11.8. The van der Waals surface area contributed by atoms with Crippen molar-refractivity contribution < 1.29 is 14.3 Å². The van der Waals surface area contributed by atoms with Gasteiger partial charge in [0.15, 0.2) is 0 Å². The van der Waals surface area contributed by atoms with Crippen LogP contribution in [0.5, 0.6) is 11.5 Å². The van der Waals surface area contributed by atoms with E-state index >= 15 is 0 Å². The van der Waals surface area contributed by atoms with Crippen molar-refractivity contribution in [2.24, 2.45) is 0 Å². The number of benzene rings is 2. The lowest BCUT2D eigenvalue weighted by atomic mass is 10.2. The number of nitrogens with zero attached hydrogens (tertiary/aromatic N) is 1. The SMILES string of the molecule is CC(C)NC(=O)CNC(=O)Nc1ccc(Oc2ccc(C#N)cc2)cc1. The molecule has 0 saturated carbocycles. The molecule has 0 aliphatic rings. The second-order valence-electron chi connectivity index (χ2n) is 5.79. The first-order chi connectivity index (χ1) is 12.5. The standard InChI is InChI=1S/C19H20N4O3/c1-13(2)22-18(24)12-21-19(25)23-15-5-9-17(10-6-15)26-16-7-3-14(11-20)4-8-16/h3-10,13H,12H2,1-2H3,(H,22,24)(H2,21,23,25). The predicted octanol–water partition coefficient (Wildman–Crippen LogP) is 3.00. The monoisotopic (exact) mass is 352 g/mol. The van der Waals surface area contributed by atoms with E-state index in [1.807, 2.05) is 19.9 Å². The summed E-state index contributed by atoms with van der Waals surface area (Å²) in [6, 6.07) is 15.1. The molecule has 0 heterocycles. The molecule has 0 bridgehead atoms. The van der Waals surface area contributed by atoms with Crippen LogP contribution in [0.2, 0.25) is 0 Å². The van der Waals surface area contributed by atoms with E-state index in [9.17, 15) is 9.59 Å². The fourth-order valence-electron chi connectivity index (χ4n) is 2.05. The third-order valence-electron chi connectivity index (χ3n) is 3.19. The Bertz CT molecular complexity index is 793. The summed E-state index contributed by atoms with van der Waals surface area (Å²) in [5.74, 6) is 0.955. The number of hydrogen-bond donors (Lipinski definition) is 3. The fraction of sp³-hybridized carbons (Fsp3) is 0.211. The van der Waals surface area contributed by atoms with Gasteiger partial charge >= 0.3 is 6.03 Å². The smallest absolute Gasteiger partial charge is 0.319 e. The number of carbonyl (C=O) groups excluding carboxylic acids is 2. The minimum absolute atomic E-state index is 0.0241. The molecule has 0 spiro atoms. The normalized spacial score (nSPS) is 9.92. The first-order valence-corrected chi connectivity index (χ1v) is 8.08. The van der Waals surface area contributed by atoms with Crippen molar-refractivity contribution in [3.63, 3.8) is 0 Å². The van der Waals surface area contributed by atoms with Crippen molar-refractivity contribution in [1.29, 1.82) is 5.26 Å². The molecule has 2 aromatic rings. The van der Waals surface area contributed by atoms with Crippen molar-refractivity contribution in [2.75, 3.05) is 11.9 Å². The number of ether oxygens (including phenoxy) is 1. The molecule has 0 aliphatic carbocycles. The van der Waals surface area contributed by atoms with Crippen LogP contribution in [0.25, 0.3) is 0 Å². The highest BCUT2D eigenvalue weighted by Gasteiger charge is 2.07. The number of nitrogens with one attached hydrogen (secondary N) is 3. The van der Waals surface area contributed by atoms with Crippen LogP contribution in [0.15, 0.2) is 48.5 Å². The number of anilines is 1. The van der Waals surface area contributed by atoms with Gasteiger partial charge in [0.2, 0.25) is 5.91 Å². The summed E-state index contributed by atoms with van der Waals surface area (Å²) in [4.78, 5) is 23.3. The minimum atomic E-state index is -0.468. The first-order valence-electron chi connectivity index (χ1n) is 8.08. The highest BCUT2D eigenvalue weighted by atomic mass is 16.5. The molecule has 0 radical (unpaired) electrons. The summed E-state index contributed by atoms with van der Waals surface area (Å²) in [5.41, 5.74) is 1.13. The van der Waals surface area contributed by atoms with Gasteiger partial charge in [-0.1, -0.05) is 0 Å². The lowest BCUT2D eigenvalue weighted by molar-refractivity contribution is -0.120. The van der Waals surface area contributed by atoms with Crippen LogP contribution in [-0.2, 0) is 4.79 Å². The molecule has 0 atom stereocenters. The van der Waals surface area contributed by atoms with E-state index in [0.29, 0.717) is 22.7 Å². The molecule has 0 aromatic heterocycles. The van der Waals surface area contributed by atoms with Crippen LogP contribution in [0.1, 0.15) is 19.4 Å². The Kier molecular flexibility index (Phi) is 6.57. The summed E-state index contributed by atoms with van der Waals surface area (Å²) < 4.78 is 5.66. The van der Waals surface area contributed by atoms with E-state index in [2.05, 4.69) is 16.0 Å². The summed E-state index contributed by atoms with van der Waals surface area (Å²) in [6.45, 7) is 3.60. The van der Waals surface area contributed by atoms with E-state index in [0.717, 1.165) is 0 Å². The molecule has 7 heteroatoms. The van der Waals surface area contributed by atoms with Crippen LogP contribution in [0.4, 0.5) is 10.5 Å². The lowest BCUT2D eigenvalue weighted by Crippen LogP contribution is -2.41. The number of hydrogen-bond acceptors (Lipinski definition) is 4. The average molecular weight is 352 g/mol. The summed E-state index contributed by atoms with van der Waals surface area (Å²) in [6.07, 6.45) is 0. The summed E-state index contributed by atoms with van der Waals surface area (Å²) in [7, 11) is 0. The van der Waals surface area contributed by atoms with Crippen molar-refractivity contribution in [2.45, 2.75) is 19.9 Å². The van der Waals surface area contributed by atoms with Crippen molar-refractivity contribution in [1.82, 2.24) is 10.6 Å². The van der Waals surface area contributed by atoms with E-state index < -0.39 is 6.03 Å². The molecule has 2 aromatic carbocycles. The van der Waals surface area contributed by atoms with Gasteiger partial charge in [0.05, 0.1) is 18.2 Å². The molecule has 134 valence electrons. The Morgan fingerprint density at radius 2 is 1.62 bits per heavy atom. The minimum Gasteiger partial charge on any atom is -0.457 e. The summed E-state index contributed by atoms with van der Waals surface area (Å²) in [5, 5.41) is 16.6. The third kappa shape index (κ3) is 6.17. The quantitative estimate of drug-likeness (QED) is 0.743. The fourth-order valence-corrected chi connectivity index (χ4v) is 2.05. The Morgan fingerprint density at radius 1 is 1.04 bits per heavy atom. The molecular formula is C19H20N4O3. The van der Waals surface area contributed by atoms with Gasteiger partial charge in [-0.25, -0.2) is 4.79 Å². The van der Waals surface area contributed by atoms with E-state index in [1.165, 1.54) is 0 Å².